The largest absolute Gasteiger partial charge is 0.435 e. The first-order valence-corrected chi connectivity index (χ1v) is 5.91. The smallest absolute Gasteiger partial charge is 0.410 e. The van der Waals surface area contributed by atoms with Gasteiger partial charge < -0.3 is 10.5 Å². The molecule has 0 fully saturated rings. The van der Waals surface area contributed by atoms with Crippen LogP contribution in [-0.4, -0.2) is 21.2 Å². The highest BCUT2D eigenvalue weighted by atomic mass is 32.1. The van der Waals surface area contributed by atoms with E-state index in [1.54, 1.807) is 12.1 Å². The fourth-order valence-electron chi connectivity index (χ4n) is 1.61. The second kappa shape index (κ2) is 5.52. The van der Waals surface area contributed by atoms with Crippen molar-refractivity contribution in [3.8, 4) is 11.6 Å². The Labute approximate surface area is 122 Å². The summed E-state index contributed by atoms with van der Waals surface area (Å²) in [7, 11) is 0. The molecule has 0 bridgehead atoms. The van der Waals surface area contributed by atoms with Gasteiger partial charge in [0, 0.05) is 11.6 Å². The lowest BCUT2D eigenvalue weighted by atomic mass is 10.2. The summed E-state index contributed by atoms with van der Waals surface area (Å²) in [5.41, 5.74) is 4.96. The van der Waals surface area contributed by atoms with Gasteiger partial charge in [0.15, 0.2) is 5.69 Å². The molecule has 0 atom stereocenters. The van der Waals surface area contributed by atoms with E-state index in [1.807, 2.05) is 0 Å². The van der Waals surface area contributed by atoms with E-state index in [1.165, 1.54) is 12.1 Å². The Bertz CT molecular complexity index is 697. The van der Waals surface area contributed by atoms with Crippen LogP contribution >= 0.6 is 12.2 Å². The number of hydrogen-bond acceptors (Lipinski definition) is 4. The van der Waals surface area contributed by atoms with Crippen LogP contribution in [0.1, 0.15) is 11.3 Å². The number of hydrogen-bond donors (Lipinski definition) is 1. The van der Waals surface area contributed by atoms with Crippen LogP contribution in [0.25, 0.3) is 5.69 Å². The van der Waals surface area contributed by atoms with Gasteiger partial charge in [-0.2, -0.15) is 18.3 Å². The van der Waals surface area contributed by atoms with Crippen LogP contribution in [0.5, 0.6) is 5.88 Å². The number of ether oxygens (including phenoxy) is 1. The zero-order valence-corrected chi connectivity index (χ0v) is 11.1. The van der Waals surface area contributed by atoms with E-state index >= 15 is 0 Å². The zero-order valence-electron chi connectivity index (χ0n) is 10.3. The summed E-state index contributed by atoms with van der Waals surface area (Å²) < 4.78 is 43.4. The molecule has 0 unspecified atom stereocenters. The number of carbonyl (C=O) groups is 1. The average Bonchev–Trinajstić information content (AvgIpc) is 2.83. The standard InChI is InChI=1S/C12H8F3N3O2S/c13-12(14,15)9-5-10(20-6-19)18(17-9)8-3-1-2-7(4-8)11(16)21/h1-6H,(H2,16,21). The van der Waals surface area contributed by atoms with Crippen molar-refractivity contribution in [2.75, 3.05) is 0 Å². The minimum absolute atomic E-state index is 0.0189. The molecule has 0 aliphatic rings. The highest BCUT2D eigenvalue weighted by Gasteiger charge is 2.35. The first kappa shape index (κ1) is 15.0. The van der Waals surface area contributed by atoms with E-state index < -0.39 is 11.9 Å². The summed E-state index contributed by atoms with van der Waals surface area (Å²) in [5, 5.41) is 3.39. The molecule has 2 rings (SSSR count). The van der Waals surface area contributed by atoms with Gasteiger partial charge in [0.05, 0.1) is 5.69 Å². The van der Waals surface area contributed by atoms with Gasteiger partial charge >= 0.3 is 6.18 Å². The van der Waals surface area contributed by atoms with Gasteiger partial charge in [-0.15, -0.1) is 0 Å². The first-order valence-electron chi connectivity index (χ1n) is 5.50. The van der Waals surface area contributed by atoms with E-state index in [-0.39, 0.29) is 23.0 Å². The van der Waals surface area contributed by atoms with Gasteiger partial charge in [-0.1, -0.05) is 24.4 Å². The van der Waals surface area contributed by atoms with Crippen LogP contribution < -0.4 is 10.5 Å². The Morgan fingerprint density at radius 2 is 2.10 bits per heavy atom. The molecule has 0 spiro atoms. The van der Waals surface area contributed by atoms with Crippen molar-refractivity contribution < 1.29 is 22.7 Å². The molecular formula is C12H8F3N3O2S. The third kappa shape index (κ3) is 3.19. The van der Waals surface area contributed by atoms with Crippen molar-refractivity contribution in [1.82, 2.24) is 9.78 Å². The molecule has 5 nitrogen and oxygen atoms in total. The van der Waals surface area contributed by atoms with Gasteiger partial charge in [0.25, 0.3) is 6.47 Å². The molecule has 9 heteroatoms. The molecule has 2 N–H and O–H groups in total. The minimum atomic E-state index is -4.66. The Morgan fingerprint density at radius 1 is 1.38 bits per heavy atom. The number of alkyl halides is 3. The molecule has 1 heterocycles. The minimum Gasteiger partial charge on any atom is -0.410 e. The third-order valence-corrected chi connectivity index (χ3v) is 2.75. The highest BCUT2D eigenvalue weighted by molar-refractivity contribution is 7.80. The predicted octanol–water partition coefficient (Wildman–Crippen LogP) is 2.06. The summed E-state index contributed by atoms with van der Waals surface area (Å²) in [6, 6.07) is 6.69. The molecule has 0 saturated heterocycles. The van der Waals surface area contributed by atoms with Gasteiger partial charge in [-0.05, 0) is 12.1 Å². The van der Waals surface area contributed by atoms with Crippen LogP contribution in [0.15, 0.2) is 30.3 Å². The topological polar surface area (TPSA) is 70.1 Å². The van der Waals surface area contributed by atoms with Gasteiger partial charge in [0.2, 0.25) is 5.88 Å². The molecule has 1 aromatic carbocycles. The number of rotatable bonds is 4. The summed E-state index contributed by atoms with van der Waals surface area (Å²) >= 11 is 4.80. The van der Waals surface area contributed by atoms with Crippen molar-refractivity contribution in [1.29, 1.82) is 0 Å². The summed E-state index contributed by atoms with van der Waals surface area (Å²) in [4.78, 5) is 10.5. The lowest BCUT2D eigenvalue weighted by Crippen LogP contribution is -2.11. The molecular weight excluding hydrogens is 307 g/mol. The third-order valence-electron chi connectivity index (χ3n) is 2.51. The fourth-order valence-corrected chi connectivity index (χ4v) is 1.74. The molecule has 0 aliphatic heterocycles. The monoisotopic (exact) mass is 315 g/mol. The van der Waals surface area contributed by atoms with Gasteiger partial charge in [-0.25, -0.2) is 4.68 Å². The molecule has 0 saturated carbocycles. The Balaban J connectivity index is 2.56. The number of benzene rings is 1. The first-order chi connectivity index (χ1) is 9.82. The molecule has 110 valence electrons. The van der Waals surface area contributed by atoms with Crippen molar-refractivity contribution in [2.45, 2.75) is 6.18 Å². The summed E-state index contributed by atoms with van der Waals surface area (Å²) in [6.07, 6.45) is -4.66. The average molecular weight is 315 g/mol. The van der Waals surface area contributed by atoms with Crippen molar-refractivity contribution >= 4 is 23.7 Å². The molecule has 0 aliphatic carbocycles. The molecule has 0 radical (unpaired) electrons. The quantitative estimate of drug-likeness (QED) is 0.691. The Kier molecular flexibility index (Phi) is 3.94. The van der Waals surface area contributed by atoms with Crippen LogP contribution in [0.2, 0.25) is 0 Å². The number of halogens is 3. The second-order valence-corrected chi connectivity index (χ2v) is 4.35. The number of carbonyl (C=O) groups excluding carboxylic acids is 1. The van der Waals surface area contributed by atoms with Crippen molar-refractivity contribution in [2.24, 2.45) is 5.73 Å². The number of aromatic nitrogens is 2. The molecule has 21 heavy (non-hydrogen) atoms. The number of nitrogens with zero attached hydrogens (tertiary/aromatic N) is 2. The SMILES string of the molecule is NC(=S)c1cccc(-n2nc(C(F)(F)F)cc2OC=O)c1. The fraction of sp³-hybridized carbons (Fsp3) is 0.0833. The van der Waals surface area contributed by atoms with E-state index in [0.29, 0.717) is 11.6 Å². The van der Waals surface area contributed by atoms with E-state index in [2.05, 4.69) is 9.84 Å². The molecule has 0 amide bonds. The van der Waals surface area contributed by atoms with E-state index in [0.717, 1.165) is 4.68 Å². The predicted molar refractivity (Wildman–Crippen MR) is 71.1 cm³/mol. The maximum absolute atomic E-state index is 12.7. The molecule has 1 aromatic heterocycles. The van der Waals surface area contributed by atoms with Crippen LogP contribution in [0, 0.1) is 0 Å². The van der Waals surface area contributed by atoms with Crippen LogP contribution in [0.3, 0.4) is 0 Å². The van der Waals surface area contributed by atoms with Crippen LogP contribution in [0.4, 0.5) is 13.2 Å². The Hall–Kier alpha value is -2.42. The van der Waals surface area contributed by atoms with Gasteiger partial charge in [-0.3, -0.25) is 4.79 Å². The maximum atomic E-state index is 12.7. The summed E-state index contributed by atoms with van der Waals surface area (Å²) in [6.45, 7) is 0.0189. The van der Waals surface area contributed by atoms with E-state index in [4.69, 9.17) is 18.0 Å². The number of thiocarbonyl (C=S) groups is 1. The highest BCUT2D eigenvalue weighted by Crippen LogP contribution is 2.32. The lowest BCUT2D eigenvalue weighted by molar-refractivity contribution is -0.141. The lowest BCUT2D eigenvalue weighted by Gasteiger charge is -2.07. The van der Waals surface area contributed by atoms with Crippen molar-refractivity contribution in [3.63, 3.8) is 0 Å². The zero-order chi connectivity index (χ0) is 15.6. The Morgan fingerprint density at radius 3 is 2.67 bits per heavy atom. The van der Waals surface area contributed by atoms with Gasteiger partial charge in [0.1, 0.15) is 4.99 Å². The normalized spacial score (nSPS) is 11.2. The van der Waals surface area contributed by atoms with Crippen LogP contribution in [-0.2, 0) is 11.0 Å². The summed E-state index contributed by atoms with van der Waals surface area (Å²) in [5.74, 6) is -0.364. The maximum Gasteiger partial charge on any atom is 0.435 e. The number of nitrogens with two attached hydrogens (primary N) is 1. The molecule has 2 aromatic rings. The van der Waals surface area contributed by atoms with E-state index in [9.17, 15) is 18.0 Å². The second-order valence-electron chi connectivity index (χ2n) is 3.91. The van der Waals surface area contributed by atoms with Crippen molar-refractivity contribution in [3.05, 3.63) is 41.6 Å².